The van der Waals surface area contributed by atoms with Gasteiger partial charge in [0.1, 0.15) is 0 Å². The quantitative estimate of drug-likeness (QED) is 0.516. The first-order valence-electron chi connectivity index (χ1n) is 3.09. The highest BCUT2D eigenvalue weighted by Gasteiger charge is 2.54. The molecule has 1 saturated carbocycles. The molecule has 1 aliphatic rings. The van der Waals surface area contributed by atoms with Gasteiger partial charge in [0, 0.05) is 14.2 Å². The molecule has 4 heteroatoms. The van der Waals surface area contributed by atoms with Crippen LogP contribution in [0.5, 0.6) is 0 Å². The van der Waals surface area contributed by atoms with Gasteiger partial charge in [0.25, 0.3) is 0 Å². The number of hydrogen-bond donors (Lipinski definition) is 2. The maximum Gasteiger partial charge on any atom is 0.177 e. The third kappa shape index (κ3) is 1.15. The van der Waals surface area contributed by atoms with Crippen LogP contribution in [0.15, 0.2) is 0 Å². The van der Waals surface area contributed by atoms with E-state index in [1.807, 2.05) is 0 Å². The highest BCUT2D eigenvalue weighted by molar-refractivity contribution is 4.93. The molecule has 0 heterocycles. The number of methoxy groups -OCH3 is 2. The van der Waals surface area contributed by atoms with E-state index in [9.17, 15) is 0 Å². The van der Waals surface area contributed by atoms with Gasteiger partial charge in [-0.15, -0.1) is 0 Å². The van der Waals surface area contributed by atoms with Crippen LogP contribution in [0.1, 0.15) is 12.8 Å². The van der Waals surface area contributed by atoms with Crippen molar-refractivity contribution in [2.75, 3.05) is 14.2 Å². The van der Waals surface area contributed by atoms with Gasteiger partial charge in [-0.2, -0.15) is 0 Å². The molecule has 0 bridgehead atoms. The van der Waals surface area contributed by atoms with Crippen molar-refractivity contribution in [3.05, 3.63) is 0 Å². The molecule has 4 nitrogen and oxygen atoms in total. The van der Waals surface area contributed by atoms with Gasteiger partial charge in [0.15, 0.2) is 11.6 Å². The lowest BCUT2D eigenvalue weighted by atomic mass is 9.84. The van der Waals surface area contributed by atoms with Gasteiger partial charge in [0.2, 0.25) is 0 Å². The van der Waals surface area contributed by atoms with Crippen molar-refractivity contribution in [1.29, 1.82) is 0 Å². The van der Waals surface area contributed by atoms with E-state index < -0.39 is 11.6 Å². The van der Waals surface area contributed by atoms with E-state index >= 15 is 0 Å². The molecule has 0 aromatic carbocycles. The second-order valence-corrected chi connectivity index (χ2v) is 2.65. The molecular weight excluding hydrogens is 136 g/mol. The standard InChI is InChI=1S/C6H12O4/c1-9-6(10-2)3-5(7,8)4-6/h7-8H,3-4H2,1-2H3. The summed E-state index contributed by atoms with van der Waals surface area (Å²) in [5.74, 6) is -2.35. The first kappa shape index (κ1) is 7.94. The molecular formula is C6H12O4. The van der Waals surface area contributed by atoms with Gasteiger partial charge in [0.05, 0.1) is 12.8 Å². The fourth-order valence-electron chi connectivity index (χ4n) is 1.18. The maximum absolute atomic E-state index is 8.91. The van der Waals surface area contributed by atoms with Crippen molar-refractivity contribution in [3.63, 3.8) is 0 Å². The van der Waals surface area contributed by atoms with E-state index in [1.165, 1.54) is 14.2 Å². The van der Waals surface area contributed by atoms with Crippen molar-refractivity contribution < 1.29 is 19.7 Å². The molecule has 0 unspecified atom stereocenters. The molecule has 1 fully saturated rings. The lowest BCUT2D eigenvalue weighted by molar-refractivity contribution is -0.372. The Morgan fingerprint density at radius 3 is 1.60 bits per heavy atom. The predicted molar refractivity (Wildman–Crippen MR) is 33.2 cm³/mol. The highest BCUT2D eigenvalue weighted by Crippen LogP contribution is 2.42. The summed E-state index contributed by atoms with van der Waals surface area (Å²) in [5, 5.41) is 17.8. The van der Waals surface area contributed by atoms with Crippen molar-refractivity contribution in [3.8, 4) is 0 Å². The summed E-state index contributed by atoms with van der Waals surface area (Å²) >= 11 is 0. The molecule has 0 amide bonds. The summed E-state index contributed by atoms with van der Waals surface area (Å²) in [5.41, 5.74) is 0. The second kappa shape index (κ2) is 2.17. The molecule has 0 aromatic rings. The summed E-state index contributed by atoms with van der Waals surface area (Å²) in [6.07, 6.45) is 0.236. The van der Waals surface area contributed by atoms with E-state index in [1.54, 1.807) is 0 Å². The molecule has 0 saturated heterocycles. The average Bonchev–Trinajstić information content (AvgIpc) is 1.82. The third-order valence-corrected chi connectivity index (χ3v) is 1.85. The van der Waals surface area contributed by atoms with Crippen LogP contribution in [-0.4, -0.2) is 36.0 Å². The first-order chi connectivity index (χ1) is 4.54. The Morgan fingerprint density at radius 1 is 1.10 bits per heavy atom. The van der Waals surface area contributed by atoms with Crippen LogP contribution in [0.3, 0.4) is 0 Å². The molecule has 60 valence electrons. The van der Waals surface area contributed by atoms with Crippen LogP contribution in [0.4, 0.5) is 0 Å². The van der Waals surface area contributed by atoms with E-state index in [0.29, 0.717) is 0 Å². The van der Waals surface area contributed by atoms with Crippen LogP contribution in [0, 0.1) is 0 Å². The summed E-state index contributed by atoms with van der Waals surface area (Å²) in [6.45, 7) is 0. The minimum Gasteiger partial charge on any atom is -0.365 e. The molecule has 0 radical (unpaired) electrons. The zero-order valence-corrected chi connectivity index (χ0v) is 6.13. The van der Waals surface area contributed by atoms with Gasteiger partial charge in [-0.05, 0) is 0 Å². The Morgan fingerprint density at radius 2 is 1.50 bits per heavy atom. The second-order valence-electron chi connectivity index (χ2n) is 2.65. The monoisotopic (exact) mass is 148 g/mol. The van der Waals surface area contributed by atoms with Gasteiger partial charge in [-0.3, -0.25) is 0 Å². The normalized spacial score (nSPS) is 27.6. The van der Waals surface area contributed by atoms with E-state index in [4.69, 9.17) is 19.7 Å². The van der Waals surface area contributed by atoms with Crippen LogP contribution in [0.2, 0.25) is 0 Å². The summed E-state index contributed by atoms with van der Waals surface area (Å²) < 4.78 is 9.83. The Labute approximate surface area is 59.4 Å². The topological polar surface area (TPSA) is 58.9 Å². The summed E-state index contributed by atoms with van der Waals surface area (Å²) in [4.78, 5) is 0. The number of rotatable bonds is 2. The molecule has 0 aromatic heterocycles. The van der Waals surface area contributed by atoms with Crippen LogP contribution >= 0.6 is 0 Å². The Balaban J connectivity index is 2.46. The number of ether oxygens (including phenoxy) is 2. The lowest BCUT2D eigenvalue weighted by Crippen LogP contribution is -2.58. The van der Waals surface area contributed by atoms with Crippen molar-refractivity contribution >= 4 is 0 Å². The smallest absolute Gasteiger partial charge is 0.177 e. The SMILES string of the molecule is COC1(OC)CC(O)(O)C1. The predicted octanol–water partition coefficient (Wildman–Crippen LogP) is -0.550. The zero-order chi connectivity index (χ0) is 7.83. The molecule has 1 aliphatic carbocycles. The Hall–Kier alpha value is -0.160. The zero-order valence-electron chi connectivity index (χ0n) is 6.13. The average molecular weight is 148 g/mol. The fraction of sp³-hybridized carbons (Fsp3) is 1.00. The summed E-state index contributed by atoms with van der Waals surface area (Å²) in [6, 6.07) is 0. The molecule has 0 atom stereocenters. The molecule has 2 N–H and O–H groups in total. The van der Waals surface area contributed by atoms with Crippen LogP contribution in [-0.2, 0) is 9.47 Å². The highest BCUT2D eigenvalue weighted by atomic mass is 16.7. The first-order valence-corrected chi connectivity index (χ1v) is 3.09. The Bertz CT molecular complexity index is 118. The maximum atomic E-state index is 8.91. The van der Waals surface area contributed by atoms with Gasteiger partial charge < -0.3 is 19.7 Å². The van der Waals surface area contributed by atoms with Crippen molar-refractivity contribution in [2.45, 2.75) is 24.4 Å². The number of hydrogen-bond acceptors (Lipinski definition) is 4. The molecule has 1 rings (SSSR count). The van der Waals surface area contributed by atoms with Gasteiger partial charge in [-0.25, -0.2) is 0 Å². The van der Waals surface area contributed by atoms with E-state index in [0.717, 1.165) is 0 Å². The van der Waals surface area contributed by atoms with Gasteiger partial charge >= 0.3 is 0 Å². The summed E-state index contributed by atoms with van der Waals surface area (Å²) in [7, 11) is 2.97. The lowest BCUT2D eigenvalue weighted by Gasteiger charge is -2.47. The van der Waals surface area contributed by atoms with Crippen LogP contribution < -0.4 is 0 Å². The third-order valence-electron chi connectivity index (χ3n) is 1.85. The van der Waals surface area contributed by atoms with Crippen molar-refractivity contribution in [1.82, 2.24) is 0 Å². The van der Waals surface area contributed by atoms with Crippen LogP contribution in [0.25, 0.3) is 0 Å². The minimum absolute atomic E-state index is 0.118. The van der Waals surface area contributed by atoms with Crippen molar-refractivity contribution in [2.24, 2.45) is 0 Å². The minimum atomic E-state index is -1.59. The fourth-order valence-corrected chi connectivity index (χ4v) is 1.18. The molecule has 10 heavy (non-hydrogen) atoms. The largest absolute Gasteiger partial charge is 0.365 e. The number of aliphatic hydroxyl groups is 2. The van der Waals surface area contributed by atoms with Gasteiger partial charge in [-0.1, -0.05) is 0 Å². The molecule has 0 spiro atoms. The molecule has 0 aliphatic heterocycles. The Kier molecular flexibility index (Phi) is 1.72. The van der Waals surface area contributed by atoms with E-state index in [-0.39, 0.29) is 12.8 Å². The van der Waals surface area contributed by atoms with E-state index in [2.05, 4.69) is 0 Å².